The van der Waals surface area contributed by atoms with Crippen LogP contribution in [0.25, 0.3) is 11.3 Å². The Kier molecular flexibility index (Phi) is 3.56. The predicted molar refractivity (Wildman–Crippen MR) is 79.4 cm³/mol. The fourth-order valence-corrected chi connectivity index (χ4v) is 2.32. The molecular weight excluding hydrogens is 234 g/mol. The first-order chi connectivity index (χ1) is 8.91. The molecule has 0 saturated carbocycles. The van der Waals surface area contributed by atoms with Gasteiger partial charge in [-0.1, -0.05) is 0 Å². The summed E-state index contributed by atoms with van der Waals surface area (Å²) in [6, 6.07) is 6.56. The van der Waals surface area contributed by atoms with Gasteiger partial charge in [0, 0.05) is 26.7 Å². The van der Waals surface area contributed by atoms with E-state index in [9.17, 15) is 0 Å². The second-order valence-electron chi connectivity index (χ2n) is 5.29. The van der Waals surface area contributed by atoms with E-state index in [1.807, 2.05) is 6.20 Å². The van der Waals surface area contributed by atoms with E-state index in [0.29, 0.717) is 0 Å². The SMILES string of the molecule is Cc1cc(N(C)C)ccc1-c1c(C)ncc(C)[n+]1C. The molecule has 0 unspecified atom stereocenters. The van der Waals surface area contributed by atoms with Crippen LogP contribution in [-0.4, -0.2) is 19.1 Å². The van der Waals surface area contributed by atoms with Gasteiger partial charge < -0.3 is 4.90 Å². The minimum Gasteiger partial charge on any atom is -0.378 e. The van der Waals surface area contributed by atoms with Crippen LogP contribution in [0, 0.1) is 20.8 Å². The molecule has 0 radical (unpaired) electrons. The summed E-state index contributed by atoms with van der Waals surface area (Å²) in [6.07, 6.45) is 1.92. The second kappa shape index (κ2) is 5.00. The molecular formula is C16H22N3+. The van der Waals surface area contributed by atoms with E-state index in [1.54, 1.807) is 0 Å². The number of benzene rings is 1. The molecule has 19 heavy (non-hydrogen) atoms. The van der Waals surface area contributed by atoms with Gasteiger partial charge in [-0.05, 0) is 37.6 Å². The summed E-state index contributed by atoms with van der Waals surface area (Å²) in [4.78, 5) is 6.61. The lowest BCUT2D eigenvalue weighted by molar-refractivity contribution is -0.667. The summed E-state index contributed by atoms with van der Waals surface area (Å²) in [5.41, 5.74) is 7.18. The van der Waals surface area contributed by atoms with E-state index < -0.39 is 0 Å². The minimum atomic E-state index is 1.06. The first-order valence-electron chi connectivity index (χ1n) is 6.52. The van der Waals surface area contributed by atoms with Crippen molar-refractivity contribution in [1.82, 2.24) is 4.98 Å². The third kappa shape index (κ3) is 2.46. The van der Waals surface area contributed by atoms with Crippen molar-refractivity contribution >= 4 is 5.69 Å². The van der Waals surface area contributed by atoms with Gasteiger partial charge in [-0.25, -0.2) is 4.98 Å². The van der Waals surface area contributed by atoms with Crippen molar-refractivity contribution < 1.29 is 4.57 Å². The van der Waals surface area contributed by atoms with Crippen LogP contribution in [0.1, 0.15) is 17.0 Å². The van der Waals surface area contributed by atoms with Gasteiger partial charge in [0.2, 0.25) is 5.69 Å². The van der Waals surface area contributed by atoms with E-state index in [-0.39, 0.29) is 0 Å². The topological polar surface area (TPSA) is 20.0 Å². The number of anilines is 1. The first kappa shape index (κ1) is 13.5. The summed E-state index contributed by atoms with van der Waals surface area (Å²) in [5.74, 6) is 0. The highest BCUT2D eigenvalue weighted by Gasteiger charge is 2.19. The van der Waals surface area contributed by atoms with Crippen molar-refractivity contribution in [2.45, 2.75) is 20.8 Å². The molecule has 0 aliphatic rings. The Balaban J connectivity index is 2.63. The zero-order valence-electron chi connectivity index (χ0n) is 12.7. The highest BCUT2D eigenvalue weighted by atomic mass is 15.1. The molecule has 3 heteroatoms. The minimum absolute atomic E-state index is 1.06. The summed E-state index contributed by atoms with van der Waals surface area (Å²) in [5, 5.41) is 0. The monoisotopic (exact) mass is 256 g/mol. The summed E-state index contributed by atoms with van der Waals surface area (Å²) < 4.78 is 2.21. The number of aromatic nitrogens is 2. The maximum absolute atomic E-state index is 4.48. The fraction of sp³-hybridized carbons (Fsp3) is 0.375. The molecule has 3 nitrogen and oxygen atoms in total. The molecule has 1 aromatic carbocycles. The van der Waals surface area contributed by atoms with Crippen molar-refractivity contribution in [1.29, 1.82) is 0 Å². The lowest BCUT2D eigenvalue weighted by Crippen LogP contribution is -2.36. The third-order valence-electron chi connectivity index (χ3n) is 3.63. The van der Waals surface area contributed by atoms with E-state index in [0.717, 1.165) is 11.4 Å². The molecule has 0 spiro atoms. The highest BCUT2D eigenvalue weighted by Crippen LogP contribution is 2.26. The highest BCUT2D eigenvalue weighted by molar-refractivity contribution is 5.67. The maximum atomic E-state index is 4.48. The lowest BCUT2D eigenvalue weighted by Gasteiger charge is -2.15. The molecule has 2 rings (SSSR count). The quantitative estimate of drug-likeness (QED) is 0.770. The molecule has 100 valence electrons. The molecule has 0 bridgehead atoms. The van der Waals surface area contributed by atoms with Crippen LogP contribution in [0.5, 0.6) is 0 Å². The van der Waals surface area contributed by atoms with Crippen molar-refractivity contribution in [3.05, 3.63) is 41.3 Å². The second-order valence-corrected chi connectivity index (χ2v) is 5.29. The zero-order valence-corrected chi connectivity index (χ0v) is 12.7. The van der Waals surface area contributed by atoms with Gasteiger partial charge in [-0.3, -0.25) is 0 Å². The lowest BCUT2D eigenvalue weighted by atomic mass is 10.0. The Labute approximate surface area is 115 Å². The van der Waals surface area contributed by atoms with Crippen molar-refractivity contribution in [3.63, 3.8) is 0 Å². The van der Waals surface area contributed by atoms with E-state index in [2.05, 4.69) is 74.6 Å². The molecule has 0 atom stereocenters. The van der Waals surface area contributed by atoms with Gasteiger partial charge in [-0.2, -0.15) is 4.57 Å². The molecule has 0 aliphatic heterocycles. The van der Waals surface area contributed by atoms with Gasteiger partial charge in [0.25, 0.3) is 0 Å². The number of hydrogen-bond donors (Lipinski definition) is 0. The van der Waals surface area contributed by atoms with Crippen LogP contribution in [0.2, 0.25) is 0 Å². The number of nitrogens with zero attached hydrogens (tertiary/aromatic N) is 3. The largest absolute Gasteiger partial charge is 0.378 e. The van der Waals surface area contributed by atoms with Gasteiger partial charge in [0.1, 0.15) is 12.7 Å². The molecule has 0 amide bonds. The Morgan fingerprint density at radius 1 is 1.11 bits per heavy atom. The fourth-order valence-electron chi connectivity index (χ4n) is 2.32. The van der Waals surface area contributed by atoms with Crippen molar-refractivity contribution in [2.75, 3.05) is 19.0 Å². The number of hydrogen-bond acceptors (Lipinski definition) is 2. The smallest absolute Gasteiger partial charge is 0.234 e. The summed E-state index contributed by atoms with van der Waals surface area (Å²) >= 11 is 0. The average molecular weight is 256 g/mol. The Morgan fingerprint density at radius 3 is 2.37 bits per heavy atom. The van der Waals surface area contributed by atoms with Crippen LogP contribution in [0.4, 0.5) is 5.69 Å². The van der Waals surface area contributed by atoms with Gasteiger partial charge in [0.05, 0.1) is 11.8 Å². The Morgan fingerprint density at radius 2 is 1.79 bits per heavy atom. The number of aryl methyl sites for hydroxylation is 3. The van der Waals surface area contributed by atoms with Crippen LogP contribution in [0.3, 0.4) is 0 Å². The van der Waals surface area contributed by atoms with Crippen LogP contribution in [0.15, 0.2) is 24.4 Å². The van der Waals surface area contributed by atoms with E-state index >= 15 is 0 Å². The van der Waals surface area contributed by atoms with Crippen molar-refractivity contribution in [2.24, 2.45) is 7.05 Å². The molecule has 1 heterocycles. The summed E-state index contributed by atoms with van der Waals surface area (Å²) in [7, 11) is 6.22. The molecule has 1 aromatic heterocycles. The zero-order chi connectivity index (χ0) is 14.2. The third-order valence-corrected chi connectivity index (χ3v) is 3.63. The molecule has 0 aliphatic carbocycles. The molecule has 0 saturated heterocycles. The molecule has 0 fully saturated rings. The van der Waals surface area contributed by atoms with Crippen LogP contribution in [-0.2, 0) is 7.05 Å². The standard InChI is InChI=1S/C16H22N3/c1-11-9-14(18(4)5)7-8-15(11)16-13(3)17-10-12(2)19(16)6/h7-10H,1-6H3/q+1. The van der Waals surface area contributed by atoms with E-state index in [4.69, 9.17) is 0 Å². The van der Waals surface area contributed by atoms with E-state index in [1.165, 1.54) is 22.5 Å². The Hall–Kier alpha value is -1.90. The Bertz CT molecular complexity index is 616. The normalized spacial score (nSPS) is 10.6. The van der Waals surface area contributed by atoms with Crippen LogP contribution < -0.4 is 9.47 Å². The molecule has 2 aromatic rings. The maximum Gasteiger partial charge on any atom is 0.234 e. The van der Waals surface area contributed by atoms with Crippen LogP contribution >= 0.6 is 0 Å². The number of rotatable bonds is 2. The molecule has 0 N–H and O–H groups in total. The van der Waals surface area contributed by atoms with Gasteiger partial charge in [0.15, 0.2) is 5.69 Å². The first-order valence-corrected chi connectivity index (χ1v) is 6.52. The van der Waals surface area contributed by atoms with Crippen molar-refractivity contribution in [3.8, 4) is 11.3 Å². The average Bonchev–Trinajstić information content (AvgIpc) is 2.36. The van der Waals surface area contributed by atoms with Gasteiger partial charge in [-0.15, -0.1) is 0 Å². The predicted octanol–water partition coefficient (Wildman–Crippen LogP) is 2.56. The van der Waals surface area contributed by atoms with Gasteiger partial charge >= 0.3 is 0 Å². The summed E-state index contributed by atoms with van der Waals surface area (Å²) in [6.45, 7) is 6.30.